The predicted molar refractivity (Wildman–Crippen MR) is 129 cm³/mol. The highest BCUT2D eigenvalue weighted by molar-refractivity contribution is 6.40. The molecule has 1 atom stereocenters. The molecular formula is C22H16Cl6O3. The van der Waals surface area contributed by atoms with E-state index < -0.39 is 11.2 Å². The second-order valence-electron chi connectivity index (χ2n) is 7.01. The molecule has 3 aromatic rings. The molecule has 0 aliphatic carbocycles. The van der Waals surface area contributed by atoms with Gasteiger partial charge in [-0.15, -0.1) is 0 Å². The van der Waals surface area contributed by atoms with Crippen molar-refractivity contribution < 1.29 is 14.9 Å². The topological polar surface area (TPSA) is 49.7 Å². The van der Waals surface area contributed by atoms with E-state index in [1.165, 1.54) is 31.4 Å². The summed E-state index contributed by atoms with van der Waals surface area (Å²) in [6.07, 6.45) is 0. The van der Waals surface area contributed by atoms with Crippen molar-refractivity contribution in [2.45, 2.75) is 18.1 Å². The Morgan fingerprint density at radius 1 is 0.677 bits per heavy atom. The SMILES string of the molecule is COc1ccc(C(C)(c2c(Cl)cc(Cl)cc2Cl)C(O)(O)c2c(Cl)cc(Cl)cc2Cl)cc1. The van der Waals surface area contributed by atoms with Crippen LogP contribution in [0.5, 0.6) is 5.75 Å². The highest BCUT2D eigenvalue weighted by atomic mass is 35.5. The lowest BCUT2D eigenvalue weighted by molar-refractivity contribution is -0.209. The lowest BCUT2D eigenvalue weighted by Crippen LogP contribution is -2.49. The van der Waals surface area contributed by atoms with Crippen molar-refractivity contribution in [2.24, 2.45) is 0 Å². The summed E-state index contributed by atoms with van der Waals surface area (Å²) in [6, 6.07) is 12.3. The second kappa shape index (κ2) is 9.17. The highest BCUT2D eigenvalue weighted by Gasteiger charge is 2.53. The van der Waals surface area contributed by atoms with Gasteiger partial charge in [-0.3, -0.25) is 0 Å². The Kier molecular flexibility index (Phi) is 7.32. The third kappa shape index (κ3) is 4.36. The second-order valence-corrected chi connectivity index (χ2v) is 9.52. The van der Waals surface area contributed by atoms with Gasteiger partial charge in [-0.2, -0.15) is 0 Å². The third-order valence-corrected chi connectivity index (χ3v) is 6.86. The quantitative estimate of drug-likeness (QED) is 0.325. The maximum Gasteiger partial charge on any atom is 0.206 e. The van der Waals surface area contributed by atoms with Gasteiger partial charge in [0.25, 0.3) is 0 Å². The van der Waals surface area contributed by atoms with Gasteiger partial charge in [0.1, 0.15) is 5.75 Å². The molecule has 164 valence electrons. The van der Waals surface area contributed by atoms with Gasteiger partial charge in [0.15, 0.2) is 0 Å². The zero-order chi connectivity index (χ0) is 23.1. The normalized spacial score (nSPS) is 13.7. The van der Waals surface area contributed by atoms with Gasteiger partial charge in [-0.05, 0) is 48.9 Å². The Bertz CT molecular complexity index is 1080. The molecule has 0 radical (unpaired) electrons. The molecular weight excluding hydrogens is 525 g/mol. The van der Waals surface area contributed by atoms with Crippen molar-refractivity contribution >= 4 is 69.6 Å². The molecule has 0 bridgehead atoms. The summed E-state index contributed by atoms with van der Waals surface area (Å²) in [5, 5.41) is 24.1. The summed E-state index contributed by atoms with van der Waals surface area (Å²) in [5.74, 6) is -2.11. The van der Waals surface area contributed by atoms with Gasteiger partial charge in [0.05, 0.1) is 22.6 Å². The number of benzene rings is 3. The molecule has 0 spiro atoms. The lowest BCUT2D eigenvalue weighted by Gasteiger charge is -2.44. The summed E-state index contributed by atoms with van der Waals surface area (Å²) in [6.45, 7) is 1.57. The van der Waals surface area contributed by atoms with Crippen LogP contribution >= 0.6 is 69.6 Å². The van der Waals surface area contributed by atoms with Crippen LogP contribution in [-0.2, 0) is 11.2 Å². The first kappa shape index (κ1) is 24.8. The first-order valence-electron chi connectivity index (χ1n) is 8.82. The summed E-state index contributed by atoms with van der Waals surface area (Å²) >= 11 is 37.9. The van der Waals surface area contributed by atoms with Gasteiger partial charge in [0.2, 0.25) is 5.79 Å². The van der Waals surface area contributed by atoms with Crippen LogP contribution < -0.4 is 4.74 Å². The Hall–Kier alpha value is -0.880. The highest BCUT2D eigenvalue weighted by Crippen LogP contribution is 2.53. The summed E-state index contributed by atoms with van der Waals surface area (Å²) in [5.41, 5.74) is -1.14. The molecule has 3 rings (SSSR count). The number of rotatable bonds is 5. The third-order valence-electron chi connectivity index (χ3n) is 5.23. The Labute approximate surface area is 210 Å². The van der Waals surface area contributed by atoms with E-state index in [4.69, 9.17) is 74.3 Å². The fourth-order valence-corrected chi connectivity index (χ4v) is 5.86. The van der Waals surface area contributed by atoms with Gasteiger partial charge in [0, 0.05) is 31.2 Å². The van der Waals surface area contributed by atoms with Crippen molar-refractivity contribution in [3.8, 4) is 5.75 Å². The zero-order valence-corrected chi connectivity index (χ0v) is 20.7. The number of hydrogen-bond acceptors (Lipinski definition) is 3. The van der Waals surface area contributed by atoms with E-state index in [9.17, 15) is 10.2 Å². The summed E-state index contributed by atoms with van der Waals surface area (Å²) in [4.78, 5) is 0. The van der Waals surface area contributed by atoms with Crippen molar-refractivity contribution in [1.29, 1.82) is 0 Å². The summed E-state index contributed by atoms with van der Waals surface area (Å²) < 4.78 is 5.22. The molecule has 0 aliphatic heterocycles. The minimum absolute atomic E-state index is 0.0385. The number of methoxy groups -OCH3 is 1. The van der Waals surface area contributed by atoms with Crippen LogP contribution in [0.1, 0.15) is 23.6 Å². The van der Waals surface area contributed by atoms with Crippen molar-refractivity contribution in [1.82, 2.24) is 0 Å². The minimum atomic E-state index is -2.68. The molecule has 0 saturated carbocycles. The Balaban J connectivity index is 2.42. The molecule has 3 nitrogen and oxygen atoms in total. The molecule has 0 amide bonds. The average Bonchev–Trinajstić information content (AvgIpc) is 2.65. The number of hydrogen-bond donors (Lipinski definition) is 2. The fraction of sp³-hybridized carbons (Fsp3) is 0.182. The first-order valence-corrected chi connectivity index (χ1v) is 11.1. The maximum absolute atomic E-state index is 11.7. The fourth-order valence-electron chi connectivity index (χ4n) is 3.59. The molecule has 1 unspecified atom stereocenters. The van der Waals surface area contributed by atoms with Crippen molar-refractivity contribution in [3.05, 3.63) is 95.4 Å². The van der Waals surface area contributed by atoms with E-state index in [0.717, 1.165) is 0 Å². The Morgan fingerprint density at radius 3 is 1.45 bits per heavy atom. The van der Waals surface area contributed by atoms with Crippen LogP contribution in [0.15, 0.2) is 48.5 Å². The van der Waals surface area contributed by atoms with Crippen LogP contribution in [0.2, 0.25) is 30.1 Å². The predicted octanol–water partition coefficient (Wildman–Crippen LogP) is 7.76. The average molecular weight is 541 g/mol. The van der Waals surface area contributed by atoms with Gasteiger partial charge >= 0.3 is 0 Å². The van der Waals surface area contributed by atoms with Crippen molar-refractivity contribution in [2.75, 3.05) is 7.11 Å². The van der Waals surface area contributed by atoms with Crippen molar-refractivity contribution in [3.63, 3.8) is 0 Å². The molecule has 9 heteroatoms. The zero-order valence-electron chi connectivity index (χ0n) is 16.2. The molecule has 0 aliphatic rings. The number of aliphatic hydroxyl groups is 2. The molecule has 0 heterocycles. The smallest absolute Gasteiger partial charge is 0.206 e. The largest absolute Gasteiger partial charge is 0.497 e. The minimum Gasteiger partial charge on any atom is -0.497 e. The van der Waals surface area contributed by atoms with Crippen LogP contribution in [0.25, 0.3) is 0 Å². The van der Waals surface area contributed by atoms with Crippen LogP contribution in [0.4, 0.5) is 0 Å². The molecule has 0 saturated heterocycles. The van der Waals surface area contributed by atoms with E-state index in [1.807, 2.05) is 0 Å². The summed E-state index contributed by atoms with van der Waals surface area (Å²) in [7, 11) is 1.52. The molecule has 3 aromatic carbocycles. The molecule has 0 fully saturated rings. The monoisotopic (exact) mass is 538 g/mol. The Morgan fingerprint density at radius 2 is 1.06 bits per heavy atom. The van der Waals surface area contributed by atoms with Crippen LogP contribution in [0, 0.1) is 0 Å². The van der Waals surface area contributed by atoms with E-state index in [0.29, 0.717) is 16.3 Å². The molecule has 31 heavy (non-hydrogen) atoms. The molecule has 0 aromatic heterocycles. The van der Waals surface area contributed by atoms with Gasteiger partial charge in [-0.1, -0.05) is 81.7 Å². The number of ether oxygens (including phenoxy) is 1. The van der Waals surface area contributed by atoms with Gasteiger partial charge < -0.3 is 14.9 Å². The van der Waals surface area contributed by atoms with E-state index in [1.54, 1.807) is 31.2 Å². The maximum atomic E-state index is 11.7. The van der Waals surface area contributed by atoms with Crippen LogP contribution in [0.3, 0.4) is 0 Å². The van der Waals surface area contributed by atoms with E-state index >= 15 is 0 Å². The number of halogens is 6. The van der Waals surface area contributed by atoms with E-state index in [-0.39, 0.29) is 36.2 Å². The lowest BCUT2D eigenvalue weighted by atomic mass is 9.67. The molecule has 2 N–H and O–H groups in total. The van der Waals surface area contributed by atoms with Gasteiger partial charge in [-0.25, -0.2) is 0 Å². The standard InChI is InChI=1S/C22H16Cl6O3/c1-21(11-3-5-14(31-2)6-4-11,19-15(25)7-12(23)8-16(19)26)22(29,30)20-17(27)9-13(24)10-18(20)28/h3-10,29-30H,1-2H3. The first-order chi connectivity index (χ1) is 14.4. The van der Waals surface area contributed by atoms with E-state index in [2.05, 4.69) is 0 Å². The van der Waals surface area contributed by atoms with Crippen LogP contribution in [-0.4, -0.2) is 17.3 Å².